The van der Waals surface area contributed by atoms with Crippen LogP contribution >= 0.6 is 0 Å². The Labute approximate surface area is 257 Å². The summed E-state index contributed by atoms with van der Waals surface area (Å²) in [6.45, 7) is 30.8. The van der Waals surface area contributed by atoms with Crippen molar-refractivity contribution in [1.82, 2.24) is 8.86 Å². The molecule has 1 radical (unpaired) electrons. The molecule has 0 spiro atoms. The largest absolute Gasteiger partial charge is 1.00 e. The molecule has 0 amide bonds. The second-order valence-corrected chi connectivity index (χ2v) is 21.7. The Bertz CT molecular complexity index is 601. The molecular weight excluding hydrogens is 672 g/mol. The molecule has 0 aromatic rings. The van der Waals surface area contributed by atoms with Gasteiger partial charge in [0.25, 0.3) is 0 Å². The van der Waals surface area contributed by atoms with Crippen molar-refractivity contribution in [2.45, 2.75) is 119 Å². The average molecular weight is 732 g/mol. The third kappa shape index (κ3) is 35.0. The van der Waals surface area contributed by atoms with Crippen LogP contribution in [0.5, 0.6) is 0 Å². The maximum atomic E-state index is 4.39. The molecule has 0 saturated heterocycles. The van der Waals surface area contributed by atoms with Gasteiger partial charge >= 0.3 is 181 Å². The summed E-state index contributed by atoms with van der Waals surface area (Å²) in [5, 5.41) is 33.6. The molecule has 0 aliphatic rings. The van der Waals surface area contributed by atoms with Crippen molar-refractivity contribution in [2.75, 3.05) is 28.2 Å². The van der Waals surface area contributed by atoms with Crippen LogP contribution in [0.25, 0.3) is 5.43 Å². The van der Waals surface area contributed by atoms with Crippen molar-refractivity contribution < 1.29 is 18.9 Å². The van der Waals surface area contributed by atoms with Crippen molar-refractivity contribution in [2.24, 2.45) is 41.4 Å². The maximum absolute atomic E-state index is 4.39. The summed E-state index contributed by atoms with van der Waals surface area (Å²) < 4.78 is 5.71. The van der Waals surface area contributed by atoms with E-state index in [1.54, 1.807) is 7.05 Å². The van der Waals surface area contributed by atoms with Gasteiger partial charge in [0.05, 0.1) is 0 Å². The molecule has 12 nitrogen and oxygen atoms in total. The Balaban J connectivity index is -0.000000235. The molecule has 0 bridgehead atoms. The summed E-state index contributed by atoms with van der Waals surface area (Å²) in [5.74, 6) is 0. The zero-order chi connectivity index (χ0) is 29.4. The van der Waals surface area contributed by atoms with Crippen molar-refractivity contribution in [3.8, 4) is 0 Å². The molecule has 0 heterocycles. The van der Waals surface area contributed by atoms with E-state index in [-0.39, 0.29) is 48.4 Å². The van der Waals surface area contributed by atoms with E-state index in [4.69, 9.17) is 0 Å². The molecule has 0 aliphatic heterocycles. The Hall–Kier alpha value is -1.05. The first-order valence-electron chi connectivity index (χ1n) is 12.0. The molecule has 0 unspecified atom stereocenters. The second-order valence-electron chi connectivity index (χ2n) is 11.9. The topological polar surface area (TPSA) is 123 Å². The predicted octanol–water partition coefficient (Wildman–Crippen LogP) is 4.84. The molecule has 0 rings (SSSR count). The fourth-order valence-electron chi connectivity index (χ4n) is 1.53. The first-order chi connectivity index (χ1) is 16.0. The van der Waals surface area contributed by atoms with Crippen LogP contribution in [0, 0.1) is 13.8 Å². The molecule has 0 aromatic heterocycles. The van der Waals surface area contributed by atoms with Crippen LogP contribution in [0.3, 0.4) is 0 Å². The molecule has 221 valence electrons. The van der Waals surface area contributed by atoms with Crippen LogP contribution in [-0.2, 0) is 0 Å². The molecule has 0 saturated carbocycles. The summed E-state index contributed by atoms with van der Waals surface area (Å²) in [5.41, 5.74) is 2.69. The standard InChI is InChI=1S/4C5H12N3.C3H6.CH4.Bi.Li.H/c4*1-5(2,3)7-8-6-4;1-3-2;;;;/h4*1-4H3;1-3H2;1H4;;;/q4*-1;;;+3;+1;. The minimum Gasteiger partial charge on any atom is -0.300 e. The van der Waals surface area contributed by atoms with Gasteiger partial charge in [0, 0.05) is 6.92 Å². The first kappa shape index (κ1) is 46.8. The van der Waals surface area contributed by atoms with Crippen LogP contribution in [-0.4, -0.2) is 81.8 Å². The van der Waals surface area contributed by atoms with E-state index in [0.717, 1.165) is 6.42 Å². The molecule has 0 aromatic carbocycles. The van der Waals surface area contributed by atoms with Crippen LogP contribution < -0.4 is 18.9 Å². The zero-order valence-electron chi connectivity index (χ0n) is 27.0. The molecule has 0 N–H and O–H groups in total. The summed E-state index contributed by atoms with van der Waals surface area (Å²) in [4.78, 5) is 0. The van der Waals surface area contributed by atoms with Gasteiger partial charge in [0.15, 0.2) is 0 Å². The third-order valence-corrected chi connectivity index (χ3v) is 10.5. The predicted molar refractivity (Wildman–Crippen MR) is 160 cm³/mol. The minimum atomic E-state index is -2.95. The van der Waals surface area contributed by atoms with E-state index in [2.05, 4.69) is 60.6 Å². The van der Waals surface area contributed by atoms with Gasteiger partial charge in [-0.1, -0.05) is 28.2 Å². The summed E-state index contributed by atoms with van der Waals surface area (Å²) in [6.07, 6.45) is 0.750. The maximum Gasteiger partial charge on any atom is 1.00 e. The first-order valence-corrected chi connectivity index (χ1v) is 17.2. The SMILES string of the molecule is C.C[N-]N=NC(C)(C)C.C[N](N=NC(C)(C)C)[BiH]([N](C)N=NC(C)(C)C)[N](C)N=NC(C)(C)C.[CH2+]C[CH2-].[Li+]. The Kier molecular flexibility index (Phi) is 26.8. The van der Waals surface area contributed by atoms with E-state index in [1.807, 2.05) is 113 Å². The molecule has 14 heteroatoms. The van der Waals surface area contributed by atoms with Crippen LogP contribution in [0.15, 0.2) is 41.4 Å². The molecular formula is C24H59BiLiN12. The monoisotopic (exact) mass is 731 g/mol. The van der Waals surface area contributed by atoms with Crippen LogP contribution in [0.4, 0.5) is 0 Å². The smallest absolute Gasteiger partial charge is 0.300 e. The van der Waals surface area contributed by atoms with Crippen LogP contribution in [0.1, 0.15) is 96.9 Å². The van der Waals surface area contributed by atoms with Crippen molar-refractivity contribution in [3.05, 3.63) is 19.3 Å². The quantitative estimate of drug-likeness (QED) is 0.161. The number of hydrogen-bond donors (Lipinski definition) is 0. The van der Waals surface area contributed by atoms with Gasteiger partial charge < -0.3 is 10.5 Å². The van der Waals surface area contributed by atoms with E-state index >= 15 is 0 Å². The van der Waals surface area contributed by atoms with Gasteiger partial charge in [-0.25, -0.2) is 0 Å². The summed E-state index contributed by atoms with van der Waals surface area (Å²) >= 11 is -2.95. The van der Waals surface area contributed by atoms with E-state index in [1.165, 1.54) is 0 Å². The summed E-state index contributed by atoms with van der Waals surface area (Å²) in [6, 6.07) is 0. The minimum absolute atomic E-state index is 0. The van der Waals surface area contributed by atoms with Gasteiger partial charge in [-0.3, -0.25) is 12.1 Å². The zero-order valence-corrected chi connectivity index (χ0v) is 30.9. The van der Waals surface area contributed by atoms with Gasteiger partial charge in [-0.15, -0.1) is 0 Å². The number of rotatable bonds is 7. The normalized spacial score (nSPS) is 13.2. The fraction of sp³-hybridized carbons (Fsp3) is 0.917. The van der Waals surface area contributed by atoms with Gasteiger partial charge in [-0.2, -0.15) is 0 Å². The van der Waals surface area contributed by atoms with Crippen molar-refractivity contribution >= 4 is 22.6 Å². The molecule has 0 fully saturated rings. The third-order valence-electron chi connectivity index (χ3n) is 2.74. The van der Waals surface area contributed by atoms with Crippen molar-refractivity contribution in [3.63, 3.8) is 0 Å². The average Bonchev–Trinajstić information content (AvgIpc) is 2.67. The Morgan fingerprint density at radius 3 is 0.974 bits per heavy atom. The number of nitrogens with zero attached hydrogens (tertiary/aromatic N) is 12. The van der Waals surface area contributed by atoms with E-state index in [9.17, 15) is 0 Å². The molecule has 0 atom stereocenters. The fourth-order valence-corrected chi connectivity index (χ4v) is 7.87. The molecule has 38 heavy (non-hydrogen) atoms. The van der Waals surface area contributed by atoms with Gasteiger partial charge in [-0.05, 0) is 19.0 Å². The van der Waals surface area contributed by atoms with E-state index in [0.29, 0.717) is 0 Å². The van der Waals surface area contributed by atoms with Gasteiger partial charge in [0.2, 0.25) is 0 Å². The second kappa shape index (κ2) is 21.7. The Morgan fingerprint density at radius 2 is 0.842 bits per heavy atom. The van der Waals surface area contributed by atoms with Crippen molar-refractivity contribution in [1.29, 1.82) is 0 Å². The number of hydrogen-bond acceptors (Lipinski definition) is 8. The van der Waals surface area contributed by atoms with Gasteiger partial charge in [0.1, 0.15) is 0 Å². The Morgan fingerprint density at radius 1 is 0.632 bits per heavy atom. The summed E-state index contributed by atoms with van der Waals surface area (Å²) in [7, 11) is 7.37. The van der Waals surface area contributed by atoms with Crippen LogP contribution in [0.2, 0.25) is 0 Å². The molecule has 0 aliphatic carbocycles. The van der Waals surface area contributed by atoms with E-state index < -0.39 is 22.6 Å².